The first-order chi connectivity index (χ1) is 10.4. The molecule has 0 radical (unpaired) electrons. The third-order valence-electron chi connectivity index (χ3n) is 8.07. The number of aliphatic hydroxyl groups is 1. The molecule has 2 nitrogen and oxygen atoms in total. The monoisotopic (exact) mass is 302 g/mol. The van der Waals surface area contributed by atoms with Gasteiger partial charge >= 0.3 is 0 Å². The van der Waals surface area contributed by atoms with Crippen molar-refractivity contribution in [2.45, 2.75) is 71.8 Å². The number of ketones is 1. The summed E-state index contributed by atoms with van der Waals surface area (Å²) < 4.78 is 0. The number of hydrogen-bond donors (Lipinski definition) is 1. The molecule has 0 heterocycles. The molecular formula is C20H30O2. The normalized spacial score (nSPS) is 49.9. The van der Waals surface area contributed by atoms with E-state index < -0.39 is 0 Å². The molecule has 3 saturated carbocycles. The molecule has 0 bridgehead atoms. The first kappa shape index (κ1) is 14.9. The molecule has 6 atom stereocenters. The second-order valence-corrected chi connectivity index (χ2v) is 9.16. The Labute approximate surface area is 134 Å². The van der Waals surface area contributed by atoms with Crippen LogP contribution in [0, 0.1) is 34.5 Å². The zero-order valence-corrected chi connectivity index (χ0v) is 14.3. The zero-order valence-electron chi connectivity index (χ0n) is 14.3. The lowest BCUT2D eigenvalue weighted by Gasteiger charge is -2.54. The van der Waals surface area contributed by atoms with Gasteiger partial charge in [0.25, 0.3) is 0 Å². The van der Waals surface area contributed by atoms with E-state index in [-0.39, 0.29) is 16.9 Å². The number of aliphatic hydroxyl groups excluding tert-OH is 1. The predicted octanol–water partition coefficient (Wildman–Crippen LogP) is 4.13. The SMILES string of the molecule is CC1(C)C(=O)CCC2C1=CCC1C2CCC2(C)C(O)CCC12. The Balaban J connectivity index is 1.68. The highest BCUT2D eigenvalue weighted by molar-refractivity contribution is 5.88. The first-order valence-electron chi connectivity index (χ1n) is 9.27. The third kappa shape index (κ3) is 1.79. The van der Waals surface area contributed by atoms with Crippen LogP contribution in [0.2, 0.25) is 0 Å². The number of allylic oxidation sites excluding steroid dienone is 2. The highest BCUT2D eigenvalue weighted by atomic mass is 16.3. The quantitative estimate of drug-likeness (QED) is 0.683. The predicted molar refractivity (Wildman–Crippen MR) is 87.3 cm³/mol. The fraction of sp³-hybridized carbons (Fsp3) is 0.850. The molecule has 3 fully saturated rings. The fourth-order valence-corrected chi connectivity index (χ4v) is 6.62. The smallest absolute Gasteiger partial charge is 0.142 e. The number of carbonyl (C=O) groups excluding carboxylic acids is 1. The molecule has 0 aromatic carbocycles. The second-order valence-electron chi connectivity index (χ2n) is 9.16. The molecule has 6 unspecified atom stereocenters. The minimum absolute atomic E-state index is 0.0896. The standard InChI is InChI=1S/C20H30O2/c1-19(2)15-6-4-14-12(13(15)5-8-17(19)21)10-11-20(3)16(14)7-9-18(20)22/h6,12-14,16,18,22H,4-5,7-11H2,1-3H3. The van der Waals surface area contributed by atoms with Gasteiger partial charge in [-0.3, -0.25) is 4.79 Å². The fourth-order valence-electron chi connectivity index (χ4n) is 6.62. The van der Waals surface area contributed by atoms with Gasteiger partial charge in [-0.15, -0.1) is 0 Å². The number of rotatable bonds is 0. The largest absolute Gasteiger partial charge is 0.393 e. The Kier molecular flexibility index (Phi) is 3.18. The van der Waals surface area contributed by atoms with Gasteiger partial charge in [-0.25, -0.2) is 0 Å². The van der Waals surface area contributed by atoms with Crippen LogP contribution in [0.5, 0.6) is 0 Å². The summed E-state index contributed by atoms with van der Waals surface area (Å²) in [6, 6.07) is 0. The number of hydrogen-bond acceptors (Lipinski definition) is 2. The average Bonchev–Trinajstić information content (AvgIpc) is 2.79. The molecule has 0 aromatic heterocycles. The van der Waals surface area contributed by atoms with Crippen molar-refractivity contribution in [3.8, 4) is 0 Å². The lowest BCUT2D eigenvalue weighted by Crippen LogP contribution is -2.49. The van der Waals surface area contributed by atoms with Gasteiger partial charge in [0.15, 0.2) is 0 Å². The molecule has 4 rings (SSSR count). The summed E-state index contributed by atoms with van der Waals surface area (Å²) in [6.45, 7) is 6.61. The molecule has 0 aromatic rings. The molecule has 2 heteroatoms. The molecule has 1 N–H and O–H groups in total. The molecule has 0 saturated heterocycles. The van der Waals surface area contributed by atoms with E-state index in [1.165, 1.54) is 24.8 Å². The van der Waals surface area contributed by atoms with Crippen LogP contribution in [-0.4, -0.2) is 17.0 Å². The Bertz CT molecular complexity index is 532. The summed E-state index contributed by atoms with van der Waals surface area (Å²) in [5, 5.41) is 10.5. The summed E-state index contributed by atoms with van der Waals surface area (Å²) in [7, 11) is 0. The average molecular weight is 302 g/mol. The van der Waals surface area contributed by atoms with E-state index >= 15 is 0 Å². The molecule has 0 aliphatic heterocycles. The van der Waals surface area contributed by atoms with Gasteiger partial charge in [0.1, 0.15) is 5.78 Å². The number of fused-ring (bicyclic) bond motifs is 5. The molecule has 0 spiro atoms. The van der Waals surface area contributed by atoms with Crippen LogP contribution in [0.3, 0.4) is 0 Å². The molecule has 0 amide bonds. The zero-order chi connectivity index (χ0) is 15.7. The van der Waals surface area contributed by atoms with Crippen LogP contribution in [0.15, 0.2) is 11.6 Å². The van der Waals surface area contributed by atoms with E-state index in [9.17, 15) is 9.90 Å². The molecule has 4 aliphatic carbocycles. The maximum atomic E-state index is 12.3. The minimum atomic E-state index is -0.232. The Hall–Kier alpha value is -0.630. The van der Waals surface area contributed by atoms with Gasteiger partial charge in [0.2, 0.25) is 0 Å². The van der Waals surface area contributed by atoms with E-state index in [0.717, 1.165) is 37.5 Å². The Morgan fingerprint density at radius 1 is 1.09 bits per heavy atom. The lowest BCUT2D eigenvalue weighted by atomic mass is 9.50. The van der Waals surface area contributed by atoms with E-state index in [1.807, 2.05) is 0 Å². The van der Waals surface area contributed by atoms with Crippen molar-refractivity contribution in [1.82, 2.24) is 0 Å². The van der Waals surface area contributed by atoms with Gasteiger partial charge in [-0.2, -0.15) is 0 Å². The van der Waals surface area contributed by atoms with Gasteiger partial charge in [-0.1, -0.05) is 18.6 Å². The van der Waals surface area contributed by atoms with Gasteiger partial charge in [0.05, 0.1) is 6.10 Å². The van der Waals surface area contributed by atoms with Crippen molar-refractivity contribution in [2.75, 3.05) is 0 Å². The summed E-state index contributed by atoms with van der Waals surface area (Å²) in [5.41, 5.74) is 1.38. The van der Waals surface area contributed by atoms with Crippen molar-refractivity contribution >= 4 is 5.78 Å². The Morgan fingerprint density at radius 2 is 1.86 bits per heavy atom. The third-order valence-corrected chi connectivity index (χ3v) is 8.07. The molecule has 4 aliphatic rings. The van der Waals surface area contributed by atoms with E-state index in [0.29, 0.717) is 17.6 Å². The van der Waals surface area contributed by atoms with Crippen LogP contribution in [0.25, 0.3) is 0 Å². The van der Waals surface area contributed by atoms with E-state index in [2.05, 4.69) is 26.8 Å². The van der Waals surface area contributed by atoms with Crippen LogP contribution in [-0.2, 0) is 4.79 Å². The van der Waals surface area contributed by atoms with E-state index in [4.69, 9.17) is 0 Å². The topological polar surface area (TPSA) is 37.3 Å². The summed E-state index contributed by atoms with van der Waals surface area (Å²) in [5.74, 6) is 3.27. The van der Waals surface area contributed by atoms with Crippen LogP contribution >= 0.6 is 0 Å². The number of carbonyl (C=O) groups is 1. The van der Waals surface area contributed by atoms with Crippen molar-refractivity contribution < 1.29 is 9.90 Å². The highest BCUT2D eigenvalue weighted by Gasteiger charge is 2.57. The molecular weight excluding hydrogens is 272 g/mol. The van der Waals surface area contributed by atoms with Crippen LogP contribution in [0.4, 0.5) is 0 Å². The maximum absolute atomic E-state index is 12.3. The lowest BCUT2D eigenvalue weighted by molar-refractivity contribution is -0.129. The van der Waals surface area contributed by atoms with Gasteiger partial charge in [0, 0.05) is 11.8 Å². The summed E-state index contributed by atoms with van der Waals surface area (Å²) >= 11 is 0. The maximum Gasteiger partial charge on any atom is 0.142 e. The first-order valence-corrected chi connectivity index (χ1v) is 9.27. The van der Waals surface area contributed by atoms with Crippen LogP contribution < -0.4 is 0 Å². The Morgan fingerprint density at radius 3 is 2.64 bits per heavy atom. The van der Waals surface area contributed by atoms with Gasteiger partial charge in [-0.05, 0) is 81.5 Å². The highest BCUT2D eigenvalue weighted by Crippen LogP contribution is 2.62. The second kappa shape index (κ2) is 4.69. The minimum Gasteiger partial charge on any atom is -0.393 e. The summed E-state index contributed by atoms with van der Waals surface area (Å²) in [6.07, 6.45) is 9.95. The number of Topliss-reactive ketones (excluding diaryl/α,β-unsaturated/α-hetero) is 1. The van der Waals surface area contributed by atoms with E-state index in [1.54, 1.807) is 0 Å². The summed E-state index contributed by atoms with van der Waals surface area (Å²) in [4.78, 5) is 12.3. The van der Waals surface area contributed by atoms with Crippen molar-refractivity contribution in [2.24, 2.45) is 34.5 Å². The van der Waals surface area contributed by atoms with Crippen molar-refractivity contribution in [1.29, 1.82) is 0 Å². The van der Waals surface area contributed by atoms with Crippen LogP contribution in [0.1, 0.15) is 65.7 Å². The molecule has 22 heavy (non-hydrogen) atoms. The van der Waals surface area contributed by atoms with Crippen molar-refractivity contribution in [3.05, 3.63) is 11.6 Å². The van der Waals surface area contributed by atoms with Gasteiger partial charge < -0.3 is 5.11 Å². The van der Waals surface area contributed by atoms with Crippen molar-refractivity contribution in [3.63, 3.8) is 0 Å². The molecule has 122 valence electrons.